The molecule has 0 saturated heterocycles. The number of allylic oxidation sites excluding steroid dienone is 4. The highest BCUT2D eigenvalue weighted by Crippen LogP contribution is 2.42. The van der Waals surface area contributed by atoms with Gasteiger partial charge in [-0.1, -0.05) is 11.6 Å². The van der Waals surface area contributed by atoms with Gasteiger partial charge in [0.1, 0.15) is 6.04 Å². The lowest BCUT2D eigenvalue weighted by Gasteiger charge is -2.20. The average molecular weight is 370 g/mol. The Hall–Kier alpha value is -2.04. The molecule has 0 heterocycles. The van der Waals surface area contributed by atoms with Crippen molar-refractivity contribution in [3.8, 4) is 0 Å². The highest BCUT2D eigenvalue weighted by Gasteiger charge is 2.36. The van der Waals surface area contributed by atoms with Crippen molar-refractivity contribution < 1.29 is 14.3 Å². The molecular weight excluding hydrogens is 340 g/mol. The Morgan fingerprint density at radius 1 is 1.15 bits per heavy atom. The lowest BCUT2D eigenvalue weighted by atomic mass is 9.95. The van der Waals surface area contributed by atoms with Gasteiger partial charge in [0.2, 0.25) is 5.91 Å². The smallest absolute Gasteiger partial charge is 0.251 e. The quantitative estimate of drug-likeness (QED) is 0.689. The van der Waals surface area contributed by atoms with Crippen molar-refractivity contribution in [2.45, 2.75) is 64.3 Å². The first kappa shape index (κ1) is 18.3. The van der Waals surface area contributed by atoms with Gasteiger partial charge in [-0.3, -0.25) is 9.59 Å². The number of carbonyl (C=O) groups excluding carboxylic acids is 2. The number of nitrogens with two attached hydrogens (primary N) is 1. The molecule has 27 heavy (non-hydrogen) atoms. The van der Waals surface area contributed by atoms with Crippen molar-refractivity contribution in [2.75, 3.05) is 6.61 Å². The Morgan fingerprint density at radius 3 is 2.48 bits per heavy atom. The highest BCUT2D eigenvalue weighted by atomic mass is 16.5. The van der Waals surface area contributed by atoms with E-state index in [9.17, 15) is 9.59 Å². The number of rotatable bonds is 8. The molecule has 5 heteroatoms. The molecule has 3 saturated carbocycles. The van der Waals surface area contributed by atoms with Crippen LogP contribution in [0.15, 0.2) is 34.6 Å². The standard InChI is InChI=1S/C22H30N2O3/c1-13-2-11-19(27-12-14-3-4-14)18(15-5-6-15)10-9-17(13)22(26)24-20(21(23)25)16-7-8-16/h9-10,14-16,20H,2-8,11-12H2,1H3,(H2,23,25)(H,24,26). The Labute approximate surface area is 161 Å². The van der Waals surface area contributed by atoms with Crippen LogP contribution in [0.3, 0.4) is 0 Å². The molecular formula is C22H30N2O3. The number of amides is 2. The van der Waals surface area contributed by atoms with E-state index in [2.05, 4.69) is 11.4 Å². The monoisotopic (exact) mass is 370 g/mol. The second-order valence-corrected chi connectivity index (χ2v) is 8.63. The number of hydrogen-bond donors (Lipinski definition) is 2. The summed E-state index contributed by atoms with van der Waals surface area (Å²) in [5, 5.41) is 2.88. The van der Waals surface area contributed by atoms with E-state index in [4.69, 9.17) is 10.5 Å². The van der Waals surface area contributed by atoms with Gasteiger partial charge >= 0.3 is 0 Å². The van der Waals surface area contributed by atoms with E-state index >= 15 is 0 Å². The maximum atomic E-state index is 12.8. The predicted molar refractivity (Wildman–Crippen MR) is 103 cm³/mol. The van der Waals surface area contributed by atoms with Crippen LogP contribution < -0.4 is 11.1 Å². The zero-order valence-corrected chi connectivity index (χ0v) is 16.1. The minimum Gasteiger partial charge on any atom is -0.497 e. The van der Waals surface area contributed by atoms with Crippen LogP contribution in [0.4, 0.5) is 0 Å². The Morgan fingerprint density at radius 2 is 1.89 bits per heavy atom. The molecule has 5 nitrogen and oxygen atoms in total. The molecule has 4 aliphatic carbocycles. The van der Waals surface area contributed by atoms with Crippen LogP contribution in [0.1, 0.15) is 58.3 Å². The fourth-order valence-corrected chi connectivity index (χ4v) is 3.74. The molecule has 0 spiro atoms. The molecule has 3 fully saturated rings. The van der Waals surface area contributed by atoms with E-state index < -0.39 is 11.9 Å². The van der Waals surface area contributed by atoms with Crippen molar-refractivity contribution in [3.05, 3.63) is 34.6 Å². The summed E-state index contributed by atoms with van der Waals surface area (Å²) in [6, 6.07) is -0.549. The SMILES string of the molecule is CC1=C(C(=O)NC(C(N)=O)C2CC2)C=CC(C2CC2)=C(OCC2CC2)CC1. The summed E-state index contributed by atoms with van der Waals surface area (Å²) in [6.45, 7) is 2.83. The van der Waals surface area contributed by atoms with Gasteiger partial charge in [-0.25, -0.2) is 0 Å². The van der Waals surface area contributed by atoms with E-state index in [0.29, 0.717) is 11.5 Å². The summed E-state index contributed by atoms with van der Waals surface area (Å²) < 4.78 is 6.18. The zero-order chi connectivity index (χ0) is 19.0. The Bertz CT molecular complexity index is 722. The normalized spacial score (nSPS) is 24.3. The van der Waals surface area contributed by atoms with Crippen molar-refractivity contribution in [3.63, 3.8) is 0 Å². The molecule has 1 atom stereocenters. The Kier molecular flexibility index (Phi) is 5.11. The minimum atomic E-state index is -0.549. The van der Waals surface area contributed by atoms with Crippen LogP contribution in [0.25, 0.3) is 0 Å². The highest BCUT2D eigenvalue weighted by molar-refractivity contribution is 5.99. The van der Waals surface area contributed by atoms with Crippen molar-refractivity contribution >= 4 is 11.8 Å². The van der Waals surface area contributed by atoms with Gasteiger partial charge < -0.3 is 15.8 Å². The molecule has 0 aromatic rings. The van der Waals surface area contributed by atoms with E-state index in [-0.39, 0.29) is 11.8 Å². The topological polar surface area (TPSA) is 81.4 Å². The zero-order valence-electron chi connectivity index (χ0n) is 16.1. The molecule has 1 unspecified atom stereocenters. The largest absolute Gasteiger partial charge is 0.497 e. The molecule has 0 aromatic carbocycles. The van der Waals surface area contributed by atoms with Gasteiger partial charge in [-0.2, -0.15) is 0 Å². The first-order chi connectivity index (χ1) is 13.0. The van der Waals surface area contributed by atoms with E-state index in [1.807, 2.05) is 13.0 Å². The lowest BCUT2D eigenvalue weighted by molar-refractivity contribution is -0.125. The number of primary amides is 1. The molecule has 0 aromatic heterocycles. The summed E-state index contributed by atoms with van der Waals surface area (Å²) >= 11 is 0. The maximum Gasteiger partial charge on any atom is 0.251 e. The summed E-state index contributed by atoms with van der Waals surface area (Å²) in [6.07, 6.45) is 12.5. The van der Waals surface area contributed by atoms with Crippen LogP contribution in [0, 0.1) is 17.8 Å². The summed E-state index contributed by atoms with van der Waals surface area (Å²) in [7, 11) is 0. The van der Waals surface area contributed by atoms with Crippen LogP contribution in [-0.2, 0) is 14.3 Å². The van der Waals surface area contributed by atoms with Crippen LogP contribution >= 0.6 is 0 Å². The van der Waals surface area contributed by atoms with E-state index in [1.54, 1.807) is 0 Å². The minimum absolute atomic E-state index is 0.183. The lowest BCUT2D eigenvalue weighted by Crippen LogP contribution is -2.46. The van der Waals surface area contributed by atoms with Crippen molar-refractivity contribution in [1.82, 2.24) is 5.32 Å². The molecule has 2 amide bonds. The molecule has 4 aliphatic rings. The number of nitrogens with one attached hydrogen (secondary N) is 1. The third-order valence-corrected chi connectivity index (χ3v) is 6.08. The third kappa shape index (κ3) is 4.63. The van der Waals surface area contributed by atoms with Gasteiger partial charge in [-0.05, 0) is 81.3 Å². The summed E-state index contributed by atoms with van der Waals surface area (Å²) in [5.74, 6) is 2.01. The molecule has 0 radical (unpaired) electrons. The summed E-state index contributed by atoms with van der Waals surface area (Å²) in [4.78, 5) is 24.5. The average Bonchev–Trinajstić information content (AvgIpc) is 3.47. The van der Waals surface area contributed by atoms with Gasteiger partial charge in [0.05, 0.1) is 12.4 Å². The molecule has 0 aliphatic heterocycles. The number of ether oxygens (including phenoxy) is 1. The molecule has 0 bridgehead atoms. The molecule has 146 valence electrons. The van der Waals surface area contributed by atoms with Gasteiger partial charge in [0, 0.05) is 12.0 Å². The van der Waals surface area contributed by atoms with Crippen LogP contribution in [0.2, 0.25) is 0 Å². The third-order valence-electron chi connectivity index (χ3n) is 6.08. The first-order valence-corrected chi connectivity index (χ1v) is 10.4. The van der Waals surface area contributed by atoms with E-state index in [1.165, 1.54) is 31.3 Å². The van der Waals surface area contributed by atoms with Gasteiger partial charge in [0.25, 0.3) is 5.91 Å². The van der Waals surface area contributed by atoms with E-state index in [0.717, 1.165) is 49.5 Å². The number of carbonyl (C=O) groups is 2. The van der Waals surface area contributed by atoms with Crippen molar-refractivity contribution in [1.29, 1.82) is 0 Å². The fourth-order valence-electron chi connectivity index (χ4n) is 3.74. The summed E-state index contributed by atoms with van der Waals surface area (Å²) in [5.41, 5.74) is 8.45. The second-order valence-electron chi connectivity index (χ2n) is 8.63. The Balaban J connectivity index is 1.50. The van der Waals surface area contributed by atoms with Gasteiger partial charge in [0.15, 0.2) is 0 Å². The fraction of sp³-hybridized carbons (Fsp3) is 0.636. The maximum absolute atomic E-state index is 12.8. The predicted octanol–water partition coefficient (Wildman–Crippen LogP) is 3.12. The van der Waals surface area contributed by atoms with Crippen LogP contribution in [-0.4, -0.2) is 24.5 Å². The van der Waals surface area contributed by atoms with Crippen molar-refractivity contribution in [2.24, 2.45) is 23.5 Å². The molecule has 4 rings (SSSR count). The number of hydrogen-bond acceptors (Lipinski definition) is 3. The first-order valence-electron chi connectivity index (χ1n) is 10.4. The second kappa shape index (κ2) is 7.53. The van der Waals surface area contributed by atoms with Gasteiger partial charge in [-0.15, -0.1) is 0 Å². The van der Waals surface area contributed by atoms with Crippen LogP contribution in [0.5, 0.6) is 0 Å². The molecule has 3 N–H and O–H groups in total.